The standard InChI is InChI=1S/C12H23NO2S/c1-16-10-2-7-13-8-5-11(6-9-13)3-4-12(14)15/h11H,2-10H2,1H3,(H,14,15). The lowest BCUT2D eigenvalue weighted by Gasteiger charge is -2.31. The quantitative estimate of drug-likeness (QED) is 0.699. The van der Waals surface area contributed by atoms with Crippen LogP contribution in [0.15, 0.2) is 0 Å². The van der Waals surface area contributed by atoms with Crippen molar-refractivity contribution in [2.45, 2.75) is 32.1 Å². The van der Waals surface area contributed by atoms with Crippen molar-refractivity contribution in [2.24, 2.45) is 5.92 Å². The first kappa shape index (κ1) is 13.8. The number of hydrogen-bond acceptors (Lipinski definition) is 3. The van der Waals surface area contributed by atoms with Gasteiger partial charge in [0, 0.05) is 6.42 Å². The van der Waals surface area contributed by atoms with Gasteiger partial charge in [0.05, 0.1) is 0 Å². The summed E-state index contributed by atoms with van der Waals surface area (Å²) in [7, 11) is 0. The summed E-state index contributed by atoms with van der Waals surface area (Å²) in [6, 6.07) is 0. The number of likely N-dealkylation sites (tertiary alicyclic amines) is 1. The van der Waals surface area contributed by atoms with Gasteiger partial charge in [-0.3, -0.25) is 4.79 Å². The molecule has 0 amide bonds. The van der Waals surface area contributed by atoms with Crippen LogP contribution in [0.5, 0.6) is 0 Å². The van der Waals surface area contributed by atoms with Crippen LogP contribution in [0, 0.1) is 5.92 Å². The molecule has 0 aromatic heterocycles. The lowest BCUT2D eigenvalue weighted by Crippen LogP contribution is -2.34. The summed E-state index contributed by atoms with van der Waals surface area (Å²) in [6.45, 7) is 3.55. The number of thioether (sulfide) groups is 1. The second-order valence-electron chi connectivity index (χ2n) is 4.56. The van der Waals surface area contributed by atoms with Crippen LogP contribution in [-0.2, 0) is 4.79 Å². The molecule has 1 aliphatic rings. The first-order valence-corrected chi connectivity index (χ1v) is 7.55. The van der Waals surface area contributed by atoms with E-state index in [4.69, 9.17) is 5.11 Å². The van der Waals surface area contributed by atoms with E-state index in [2.05, 4.69) is 11.2 Å². The Morgan fingerprint density at radius 3 is 2.69 bits per heavy atom. The van der Waals surface area contributed by atoms with Crippen molar-refractivity contribution in [3.8, 4) is 0 Å². The first-order valence-electron chi connectivity index (χ1n) is 6.15. The Morgan fingerprint density at radius 1 is 1.44 bits per heavy atom. The van der Waals surface area contributed by atoms with Gasteiger partial charge in [-0.1, -0.05) is 0 Å². The summed E-state index contributed by atoms with van der Waals surface area (Å²) in [4.78, 5) is 13.0. The molecule has 0 saturated carbocycles. The van der Waals surface area contributed by atoms with E-state index in [1.54, 1.807) is 0 Å². The average molecular weight is 245 g/mol. The fourth-order valence-corrected chi connectivity index (χ4v) is 2.68. The van der Waals surface area contributed by atoms with Crippen LogP contribution >= 0.6 is 11.8 Å². The molecule has 3 nitrogen and oxygen atoms in total. The molecule has 0 unspecified atom stereocenters. The Hall–Kier alpha value is -0.220. The third-order valence-electron chi connectivity index (χ3n) is 3.30. The molecule has 4 heteroatoms. The molecule has 1 rings (SSSR count). The number of hydrogen-bond donors (Lipinski definition) is 1. The van der Waals surface area contributed by atoms with Gasteiger partial charge in [-0.2, -0.15) is 11.8 Å². The summed E-state index contributed by atoms with van der Waals surface area (Å²) >= 11 is 1.91. The Kier molecular flexibility index (Phi) is 6.88. The van der Waals surface area contributed by atoms with Crippen LogP contribution in [0.2, 0.25) is 0 Å². The van der Waals surface area contributed by atoms with Crippen molar-refractivity contribution >= 4 is 17.7 Å². The molecule has 94 valence electrons. The van der Waals surface area contributed by atoms with Crippen molar-refractivity contribution in [3.63, 3.8) is 0 Å². The topological polar surface area (TPSA) is 40.5 Å². The lowest BCUT2D eigenvalue weighted by atomic mass is 9.92. The molecule has 16 heavy (non-hydrogen) atoms. The molecule has 0 aliphatic carbocycles. The van der Waals surface area contributed by atoms with E-state index in [9.17, 15) is 4.79 Å². The highest BCUT2D eigenvalue weighted by Gasteiger charge is 2.19. The number of rotatable bonds is 7. The molecule has 0 spiro atoms. The Bertz CT molecular complexity index is 203. The molecule has 1 heterocycles. The molecule has 1 fully saturated rings. The van der Waals surface area contributed by atoms with Gasteiger partial charge in [-0.25, -0.2) is 0 Å². The fraction of sp³-hybridized carbons (Fsp3) is 0.917. The van der Waals surface area contributed by atoms with Crippen molar-refractivity contribution in [1.82, 2.24) is 4.90 Å². The number of carbonyl (C=O) groups is 1. The van der Waals surface area contributed by atoms with Crippen LogP contribution in [0.3, 0.4) is 0 Å². The second kappa shape index (κ2) is 7.96. The molecular formula is C12H23NO2S. The van der Waals surface area contributed by atoms with Crippen LogP contribution in [0.25, 0.3) is 0 Å². The van der Waals surface area contributed by atoms with Gasteiger partial charge in [0.2, 0.25) is 0 Å². The van der Waals surface area contributed by atoms with E-state index >= 15 is 0 Å². The van der Waals surface area contributed by atoms with Crippen molar-refractivity contribution < 1.29 is 9.90 Å². The Morgan fingerprint density at radius 2 is 2.12 bits per heavy atom. The SMILES string of the molecule is CSCCCN1CCC(CCC(=O)O)CC1. The highest BCUT2D eigenvalue weighted by molar-refractivity contribution is 7.98. The van der Waals surface area contributed by atoms with Gasteiger partial charge >= 0.3 is 5.97 Å². The van der Waals surface area contributed by atoms with Crippen LogP contribution in [-0.4, -0.2) is 47.6 Å². The summed E-state index contributed by atoms with van der Waals surface area (Å²) in [6.07, 6.45) is 7.02. The molecule has 0 bridgehead atoms. The largest absolute Gasteiger partial charge is 0.481 e. The normalized spacial score (nSPS) is 18.8. The molecule has 1 saturated heterocycles. The van der Waals surface area contributed by atoms with Crippen molar-refractivity contribution in [2.75, 3.05) is 31.6 Å². The average Bonchev–Trinajstić information content (AvgIpc) is 2.28. The minimum atomic E-state index is -0.651. The van der Waals surface area contributed by atoms with Gasteiger partial charge in [0.25, 0.3) is 0 Å². The number of nitrogens with zero attached hydrogens (tertiary/aromatic N) is 1. The van der Waals surface area contributed by atoms with Gasteiger partial charge in [-0.15, -0.1) is 0 Å². The minimum Gasteiger partial charge on any atom is -0.481 e. The first-order chi connectivity index (χ1) is 7.72. The lowest BCUT2D eigenvalue weighted by molar-refractivity contribution is -0.137. The van der Waals surface area contributed by atoms with E-state index in [1.807, 2.05) is 11.8 Å². The van der Waals surface area contributed by atoms with E-state index in [0.717, 1.165) is 6.42 Å². The molecule has 1 aliphatic heterocycles. The van der Waals surface area contributed by atoms with Crippen LogP contribution in [0.4, 0.5) is 0 Å². The highest BCUT2D eigenvalue weighted by Crippen LogP contribution is 2.21. The number of aliphatic carboxylic acids is 1. The number of carboxylic acid groups (broad SMARTS) is 1. The van der Waals surface area contributed by atoms with E-state index in [1.165, 1.54) is 44.6 Å². The summed E-state index contributed by atoms with van der Waals surface area (Å²) in [5.41, 5.74) is 0. The fourth-order valence-electron chi connectivity index (χ4n) is 2.26. The monoisotopic (exact) mass is 245 g/mol. The smallest absolute Gasteiger partial charge is 0.303 e. The Labute approximate surface area is 103 Å². The maximum Gasteiger partial charge on any atom is 0.303 e. The van der Waals surface area contributed by atoms with Crippen molar-refractivity contribution in [3.05, 3.63) is 0 Å². The van der Waals surface area contributed by atoms with Gasteiger partial charge in [0.1, 0.15) is 0 Å². The summed E-state index contributed by atoms with van der Waals surface area (Å²) < 4.78 is 0. The zero-order chi connectivity index (χ0) is 11.8. The van der Waals surface area contributed by atoms with Crippen LogP contribution < -0.4 is 0 Å². The predicted molar refractivity (Wildman–Crippen MR) is 69.0 cm³/mol. The maximum absolute atomic E-state index is 10.5. The van der Waals surface area contributed by atoms with Crippen molar-refractivity contribution in [1.29, 1.82) is 0 Å². The molecule has 0 aromatic rings. The minimum absolute atomic E-state index is 0.344. The van der Waals surface area contributed by atoms with Crippen LogP contribution in [0.1, 0.15) is 32.1 Å². The predicted octanol–water partition coefficient (Wildman–Crippen LogP) is 2.32. The van der Waals surface area contributed by atoms with Gasteiger partial charge in [-0.05, 0) is 63.2 Å². The molecular weight excluding hydrogens is 222 g/mol. The molecule has 1 N–H and O–H groups in total. The highest BCUT2D eigenvalue weighted by atomic mass is 32.2. The summed E-state index contributed by atoms with van der Waals surface area (Å²) in [5.74, 6) is 1.24. The van der Waals surface area contributed by atoms with Gasteiger partial charge in [0.15, 0.2) is 0 Å². The van der Waals surface area contributed by atoms with E-state index in [0.29, 0.717) is 12.3 Å². The van der Waals surface area contributed by atoms with E-state index in [-0.39, 0.29) is 0 Å². The van der Waals surface area contributed by atoms with E-state index < -0.39 is 5.97 Å². The number of carboxylic acids is 1. The van der Waals surface area contributed by atoms with Gasteiger partial charge < -0.3 is 10.0 Å². The second-order valence-corrected chi connectivity index (χ2v) is 5.55. The third kappa shape index (κ3) is 5.75. The maximum atomic E-state index is 10.5. The molecule has 0 atom stereocenters. The Balaban J connectivity index is 2.06. The molecule has 0 radical (unpaired) electrons. The summed E-state index contributed by atoms with van der Waals surface area (Å²) in [5, 5.41) is 8.63. The molecule has 0 aromatic carbocycles. The third-order valence-corrected chi connectivity index (χ3v) is 3.99. The zero-order valence-corrected chi connectivity index (χ0v) is 11.0. The zero-order valence-electron chi connectivity index (χ0n) is 10.2. The number of piperidine rings is 1.